The van der Waals surface area contributed by atoms with Gasteiger partial charge in [0.2, 0.25) is 0 Å². The van der Waals surface area contributed by atoms with E-state index in [0.717, 1.165) is 10.9 Å². The number of ether oxygens (including phenoxy) is 2. The number of hydrogen-bond donors (Lipinski definition) is 3. The number of nitrogens with zero attached hydrogens (tertiary/aromatic N) is 2. The van der Waals surface area contributed by atoms with Crippen LogP contribution in [0.25, 0.3) is 10.9 Å². The van der Waals surface area contributed by atoms with E-state index < -0.39 is 7.60 Å². The number of rotatable bonds is 6. The largest absolute Gasteiger partial charge is 0.493 e. The standard InChI is InChI=1S/C17H18N3O5P/c1-24-15-7-13-14(8-16(15)25-2)19-10-20-17(13)18-9-11-3-5-12(6-4-11)26(21,22)23/h3-8,10H,9H2,1-2H3,(H,18,19,20)(H2,21,22,23). The van der Waals surface area contributed by atoms with Crippen molar-refractivity contribution in [2.75, 3.05) is 19.5 Å². The van der Waals surface area contributed by atoms with Crippen LogP contribution in [0, 0.1) is 0 Å². The van der Waals surface area contributed by atoms with E-state index in [-0.39, 0.29) is 5.30 Å². The third-order valence-corrected chi connectivity index (χ3v) is 4.84. The molecule has 0 saturated heterocycles. The second kappa shape index (κ2) is 7.29. The van der Waals surface area contributed by atoms with Crippen molar-refractivity contribution < 1.29 is 23.8 Å². The number of methoxy groups -OCH3 is 2. The highest BCUT2D eigenvalue weighted by molar-refractivity contribution is 7.60. The van der Waals surface area contributed by atoms with Crippen molar-refractivity contribution in [3.05, 3.63) is 48.3 Å². The van der Waals surface area contributed by atoms with E-state index in [4.69, 9.17) is 19.3 Å². The first-order valence-corrected chi connectivity index (χ1v) is 9.29. The Morgan fingerprint density at radius 1 is 1.04 bits per heavy atom. The number of anilines is 1. The summed E-state index contributed by atoms with van der Waals surface area (Å²) in [6.07, 6.45) is 1.45. The minimum absolute atomic E-state index is 0.00873. The van der Waals surface area contributed by atoms with E-state index in [1.54, 1.807) is 38.5 Å². The molecule has 0 atom stereocenters. The Kier molecular flexibility index (Phi) is 5.08. The molecule has 0 spiro atoms. The van der Waals surface area contributed by atoms with Gasteiger partial charge in [0.1, 0.15) is 12.1 Å². The molecule has 3 N–H and O–H groups in total. The van der Waals surface area contributed by atoms with Crippen molar-refractivity contribution in [2.24, 2.45) is 0 Å². The van der Waals surface area contributed by atoms with Gasteiger partial charge in [-0.05, 0) is 23.8 Å². The minimum Gasteiger partial charge on any atom is -0.493 e. The zero-order chi connectivity index (χ0) is 18.7. The summed E-state index contributed by atoms with van der Waals surface area (Å²) in [5, 5.41) is 3.98. The van der Waals surface area contributed by atoms with Crippen LogP contribution in [0.2, 0.25) is 0 Å². The summed E-state index contributed by atoms with van der Waals surface area (Å²) in [5.74, 6) is 1.77. The molecule has 2 aromatic carbocycles. The van der Waals surface area contributed by atoms with Crippen LogP contribution in [-0.4, -0.2) is 34.0 Å². The molecular formula is C17H18N3O5P. The highest BCUT2D eigenvalue weighted by Gasteiger charge is 2.16. The SMILES string of the molecule is COc1cc2ncnc(NCc3ccc(P(=O)(O)O)cc3)c2cc1OC. The normalized spacial score (nSPS) is 11.4. The van der Waals surface area contributed by atoms with Crippen molar-refractivity contribution in [3.63, 3.8) is 0 Å². The molecule has 0 aliphatic rings. The fourth-order valence-corrected chi connectivity index (χ4v) is 3.06. The molecule has 1 aromatic heterocycles. The molecule has 8 nitrogen and oxygen atoms in total. The molecule has 1 heterocycles. The Hall–Kier alpha value is -2.67. The zero-order valence-corrected chi connectivity index (χ0v) is 15.1. The first-order valence-electron chi connectivity index (χ1n) is 7.68. The van der Waals surface area contributed by atoms with E-state index in [1.807, 2.05) is 0 Å². The van der Waals surface area contributed by atoms with Gasteiger partial charge in [-0.15, -0.1) is 0 Å². The summed E-state index contributed by atoms with van der Waals surface area (Å²) in [5.41, 5.74) is 1.56. The lowest BCUT2D eigenvalue weighted by Crippen LogP contribution is -2.06. The van der Waals surface area contributed by atoms with Gasteiger partial charge >= 0.3 is 7.60 Å². The second-order valence-corrected chi connectivity index (χ2v) is 7.12. The number of aromatic nitrogens is 2. The quantitative estimate of drug-likeness (QED) is 0.561. The van der Waals surface area contributed by atoms with Gasteiger partial charge in [0, 0.05) is 18.0 Å². The van der Waals surface area contributed by atoms with Crippen LogP contribution in [0.3, 0.4) is 0 Å². The van der Waals surface area contributed by atoms with Crippen LogP contribution in [-0.2, 0) is 11.1 Å². The van der Waals surface area contributed by atoms with Crippen LogP contribution >= 0.6 is 7.60 Å². The van der Waals surface area contributed by atoms with E-state index in [9.17, 15) is 4.57 Å². The molecule has 0 amide bonds. The summed E-state index contributed by atoms with van der Waals surface area (Å²) in [7, 11) is -1.11. The molecule has 0 saturated carbocycles. The number of fused-ring (bicyclic) bond motifs is 1. The summed E-state index contributed by atoms with van der Waals surface area (Å²) >= 11 is 0. The molecule has 0 bridgehead atoms. The number of hydrogen-bond acceptors (Lipinski definition) is 6. The Balaban J connectivity index is 1.86. The lowest BCUT2D eigenvalue weighted by atomic mass is 10.2. The maximum absolute atomic E-state index is 11.2. The molecule has 26 heavy (non-hydrogen) atoms. The average Bonchev–Trinajstić information content (AvgIpc) is 2.64. The summed E-state index contributed by atoms with van der Waals surface area (Å²) < 4.78 is 21.8. The lowest BCUT2D eigenvalue weighted by Gasteiger charge is -2.12. The summed E-state index contributed by atoms with van der Waals surface area (Å²) in [4.78, 5) is 26.8. The molecular weight excluding hydrogens is 357 g/mol. The Bertz CT molecular complexity index is 972. The van der Waals surface area contributed by atoms with Crippen molar-refractivity contribution in [1.29, 1.82) is 0 Å². The molecule has 0 unspecified atom stereocenters. The van der Waals surface area contributed by atoms with Crippen LogP contribution in [0.5, 0.6) is 11.5 Å². The van der Waals surface area contributed by atoms with E-state index >= 15 is 0 Å². The molecule has 0 aliphatic carbocycles. The van der Waals surface area contributed by atoms with Gasteiger partial charge in [0.15, 0.2) is 11.5 Å². The molecule has 0 fully saturated rings. The van der Waals surface area contributed by atoms with Gasteiger partial charge in [0.25, 0.3) is 0 Å². The fraction of sp³-hybridized carbons (Fsp3) is 0.176. The van der Waals surface area contributed by atoms with Gasteiger partial charge in [-0.2, -0.15) is 0 Å². The average molecular weight is 375 g/mol. The molecule has 0 aliphatic heterocycles. The topological polar surface area (TPSA) is 114 Å². The van der Waals surface area contributed by atoms with Crippen LogP contribution in [0.1, 0.15) is 5.56 Å². The van der Waals surface area contributed by atoms with Crippen molar-refractivity contribution in [3.8, 4) is 11.5 Å². The maximum Gasteiger partial charge on any atom is 0.356 e. The third-order valence-electron chi connectivity index (χ3n) is 3.87. The molecule has 9 heteroatoms. The smallest absolute Gasteiger partial charge is 0.356 e. The van der Waals surface area contributed by atoms with Gasteiger partial charge in [-0.25, -0.2) is 9.97 Å². The molecule has 136 valence electrons. The molecule has 0 radical (unpaired) electrons. The van der Waals surface area contributed by atoms with Crippen LogP contribution < -0.4 is 20.1 Å². The highest BCUT2D eigenvalue weighted by Crippen LogP contribution is 2.34. The van der Waals surface area contributed by atoms with Gasteiger partial charge in [-0.1, -0.05) is 12.1 Å². The van der Waals surface area contributed by atoms with Crippen molar-refractivity contribution >= 4 is 29.6 Å². The van der Waals surface area contributed by atoms with Crippen molar-refractivity contribution in [1.82, 2.24) is 9.97 Å². The number of benzene rings is 2. The van der Waals surface area contributed by atoms with E-state index in [2.05, 4.69) is 15.3 Å². The predicted molar refractivity (Wildman–Crippen MR) is 98.1 cm³/mol. The summed E-state index contributed by atoms with van der Waals surface area (Å²) in [6, 6.07) is 9.74. The third kappa shape index (κ3) is 3.77. The second-order valence-electron chi connectivity index (χ2n) is 5.51. The first-order chi connectivity index (χ1) is 12.4. The minimum atomic E-state index is -4.23. The maximum atomic E-state index is 11.2. The fourth-order valence-electron chi connectivity index (χ4n) is 2.52. The van der Waals surface area contributed by atoms with Crippen LogP contribution in [0.15, 0.2) is 42.7 Å². The summed E-state index contributed by atoms with van der Waals surface area (Å²) in [6.45, 7) is 0.432. The van der Waals surface area contributed by atoms with E-state index in [1.165, 1.54) is 18.5 Å². The first kappa shape index (κ1) is 18.1. The monoisotopic (exact) mass is 375 g/mol. The molecule has 3 rings (SSSR count). The highest BCUT2D eigenvalue weighted by atomic mass is 31.2. The van der Waals surface area contributed by atoms with Crippen molar-refractivity contribution in [2.45, 2.75) is 6.54 Å². The lowest BCUT2D eigenvalue weighted by molar-refractivity contribution is 0.356. The Labute approximate surface area is 150 Å². The molecule has 3 aromatic rings. The van der Waals surface area contributed by atoms with Gasteiger partial charge in [0.05, 0.1) is 25.0 Å². The predicted octanol–water partition coefficient (Wildman–Crippen LogP) is 2.06. The van der Waals surface area contributed by atoms with Crippen LogP contribution in [0.4, 0.5) is 5.82 Å². The van der Waals surface area contributed by atoms with E-state index in [0.29, 0.717) is 29.4 Å². The van der Waals surface area contributed by atoms with Gasteiger partial charge in [-0.3, -0.25) is 4.57 Å². The Morgan fingerprint density at radius 2 is 1.69 bits per heavy atom. The number of nitrogens with one attached hydrogen (secondary N) is 1. The van der Waals surface area contributed by atoms with Gasteiger partial charge < -0.3 is 24.6 Å². The Morgan fingerprint density at radius 3 is 2.31 bits per heavy atom. The zero-order valence-electron chi connectivity index (χ0n) is 14.2.